The molecule has 0 aliphatic carbocycles. The summed E-state index contributed by atoms with van der Waals surface area (Å²) >= 11 is 2.08. The van der Waals surface area contributed by atoms with E-state index in [4.69, 9.17) is 0 Å². The highest BCUT2D eigenvalue weighted by molar-refractivity contribution is 8.00. The number of anilines is 2. The van der Waals surface area contributed by atoms with Crippen LogP contribution in [0.1, 0.15) is 32.3 Å². The Morgan fingerprint density at radius 2 is 2.26 bits per heavy atom. The molecule has 1 aliphatic rings. The van der Waals surface area contributed by atoms with Crippen LogP contribution < -0.4 is 10.2 Å². The molecule has 1 aromatic heterocycles. The smallest absolute Gasteiger partial charge is 0.137 e. The molecule has 0 saturated carbocycles. The molecule has 1 saturated heterocycles. The van der Waals surface area contributed by atoms with Gasteiger partial charge in [0.15, 0.2) is 0 Å². The SMILES string of the molecule is CCCNc1ncnc(N2CCSC(CC)C2)c1C. The predicted molar refractivity (Wildman–Crippen MR) is 84.3 cm³/mol. The first-order chi connectivity index (χ1) is 9.26. The topological polar surface area (TPSA) is 41.1 Å². The lowest BCUT2D eigenvalue weighted by atomic mass is 10.2. The van der Waals surface area contributed by atoms with Crippen LogP contribution in [-0.2, 0) is 0 Å². The largest absolute Gasteiger partial charge is 0.370 e. The first-order valence-electron chi connectivity index (χ1n) is 7.18. The molecule has 2 heterocycles. The maximum absolute atomic E-state index is 4.50. The summed E-state index contributed by atoms with van der Waals surface area (Å²) in [6, 6.07) is 0. The molecular weight excluding hydrogens is 256 g/mol. The van der Waals surface area contributed by atoms with Crippen molar-refractivity contribution in [2.45, 2.75) is 38.9 Å². The summed E-state index contributed by atoms with van der Waals surface area (Å²) in [5.41, 5.74) is 1.18. The summed E-state index contributed by atoms with van der Waals surface area (Å²) in [6.07, 6.45) is 4.02. The predicted octanol–water partition coefficient (Wildman–Crippen LogP) is 2.94. The molecule has 1 atom stereocenters. The number of nitrogens with one attached hydrogen (secondary N) is 1. The zero-order valence-corrected chi connectivity index (χ0v) is 13.0. The van der Waals surface area contributed by atoms with Crippen molar-refractivity contribution in [1.29, 1.82) is 0 Å². The molecule has 0 radical (unpaired) electrons. The maximum atomic E-state index is 4.50. The van der Waals surface area contributed by atoms with E-state index in [0.29, 0.717) is 0 Å². The molecule has 4 nitrogen and oxygen atoms in total. The molecule has 1 aliphatic heterocycles. The van der Waals surface area contributed by atoms with Gasteiger partial charge in [0.25, 0.3) is 0 Å². The van der Waals surface area contributed by atoms with Gasteiger partial charge < -0.3 is 10.2 Å². The van der Waals surface area contributed by atoms with E-state index in [2.05, 4.69) is 52.7 Å². The molecule has 19 heavy (non-hydrogen) atoms. The van der Waals surface area contributed by atoms with Gasteiger partial charge in [0.05, 0.1) is 0 Å². The lowest BCUT2D eigenvalue weighted by Gasteiger charge is -2.33. The van der Waals surface area contributed by atoms with Crippen LogP contribution in [0, 0.1) is 6.92 Å². The Hall–Kier alpha value is -0.970. The van der Waals surface area contributed by atoms with E-state index in [1.165, 1.54) is 17.7 Å². The number of hydrogen-bond donors (Lipinski definition) is 1. The van der Waals surface area contributed by atoms with E-state index < -0.39 is 0 Å². The summed E-state index contributed by atoms with van der Waals surface area (Å²) in [5.74, 6) is 3.28. The van der Waals surface area contributed by atoms with Gasteiger partial charge in [0, 0.05) is 36.2 Å². The van der Waals surface area contributed by atoms with Crippen molar-refractivity contribution >= 4 is 23.4 Å². The highest BCUT2D eigenvalue weighted by Crippen LogP contribution is 2.28. The second-order valence-corrected chi connectivity index (χ2v) is 6.35. The standard InChI is InChI=1S/C14H24N4S/c1-4-6-15-13-11(3)14(17-10-16-13)18-7-8-19-12(5-2)9-18/h10,12H,4-9H2,1-3H3,(H,15,16,17). The van der Waals surface area contributed by atoms with E-state index >= 15 is 0 Å². The molecule has 1 aromatic rings. The van der Waals surface area contributed by atoms with Crippen molar-refractivity contribution in [3.8, 4) is 0 Å². The van der Waals surface area contributed by atoms with Crippen molar-refractivity contribution in [1.82, 2.24) is 9.97 Å². The van der Waals surface area contributed by atoms with E-state index in [1.807, 2.05) is 0 Å². The van der Waals surface area contributed by atoms with Crippen molar-refractivity contribution < 1.29 is 0 Å². The molecule has 1 N–H and O–H groups in total. The number of hydrogen-bond acceptors (Lipinski definition) is 5. The molecule has 0 aromatic carbocycles. The molecule has 1 unspecified atom stereocenters. The molecule has 0 spiro atoms. The first-order valence-corrected chi connectivity index (χ1v) is 8.23. The summed E-state index contributed by atoms with van der Waals surface area (Å²) in [5, 5.41) is 4.12. The number of nitrogens with zero attached hydrogens (tertiary/aromatic N) is 3. The van der Waals surface area contributed by atoms with Crippen LogP contribution in [-0.4, -0.2) is 40.6 Å². The Morgan fingerprint density at radius 1 is 1.42 bits per heavy atom. The van der Waals surface area contributed by atoms with Gasteiger partial charge in [-0.15, -0.1) is 0 Å². The zero-order valence-electron chi connectivity index (χ0n) is 12.1. The van der Waals surface area contributed by atoms with Gasteiger partial charge in [-0.3, -0.25) is 0 Å². The highest BCUT2D eigenvalue weighted by Gasteiger charge is 2.22. The third kappa shape index (κ3) is 3.53. The third-order valence-corrected chi connectivity index (χ3v) is 4.87. The lowest BCUT2D eigenvalue weighted by Crippen LogP contribution is -2.38. The van der Waals surface area contributed by atoms with Crippen LogP contribution in [0.15, 0.2) is 6.33 Å². The Labute approximate surface area is 120 Å². The van der Waals surface area contributed by atoms with Crippen LogP contribution in [0.4, 0.5) is 11.6 Å². The summed E-state index contributed by atoms with van der Waals surface area (Å²) in [6.45, 7) is 9.71. The summed E-state index contributed by atoms with van der Waals surface area (Å²) in [4.78, 5) is 11.3. The van der Waals surface area contributed by atoms with Crippen LogP contribution in [0.25, 0.3) is 0 Å². The molecule has 1 fully saturated rings. The van der Waals surface area contributed by atoms with Crippen molar-refractivity contribution in [2.75, 3.05) is 35.6 Å². The molecule has 0 bridgehead atoms. The molecule has 106 valence electrons. The minimum Gasteiger partial charge on any atom is -0.370 e. The first kappa shape index (κ1) is 14.4. The summed E-state index contributed by atoms with van der Waals surface area (Å²) < 4.78 is 0. The van der Waals surface area contributed by atoms with Gasteiger partial charge in [-0.2, -0.15) is 11.8 Å². The van der Waals surface area contributed by atoms with E-state index in [-0.39, 0.29) is 0 Å². The van der Waals surface area contributed by atoms with Gasteiger partial charge in [-0.05, 0) is 19.8 Å². The summed E-state index contributed by atoms with van der Waals surface area (Å²) in [7, 11) is 0. The number of aromatic nitrogens is 2. The average molecular weight is 280 g/mol. The second-order valence-electron chi connectivity index (χ2n) is 4.94. The Balaban J connectivity index is 2.14. The lowest BCUT2D eigenvalue weighted by molar-refractivity contribution is 0.716. The number of rotatable bonds is 5. The van der Waals surface area contributed by atoms with Gasteiger partial charge in [-0.1, -0.05) is 13.8 Å². The van der Waals surface area contributed by atoms with Crippen LogP contribution >= 0.6 is 11.8 Å². The van der Waals surface area contributed by atoms with Gasteiger partial charge >= 0.3 is 0 Å². The Bertz CT molecular complexity index is 410. The van der Waals surface area contributed by atoms with Gasteiger partial charge in [-0.25, -0.2) is 9.97 Å². The monoisotopic (exact) mass is 280 g/mol. The fraction of sp³-hybridized carbons (Fsp3) is 0.714. The van der Waals surface area contributed by atoms with Crippen LogP contribution in [0.5, 0.6) is 0 Å². The van der Waals surface area contributed by atoms with E-state index in [1.54, 1.807) is 6.33 Å². The molecule has 5 heteroatoms. The number of thioether (sulfide) groups is 1. The minimum atomic E-state index is 0.732. The van der Waals surface area contributed by atoms with Crippen molar-refractivity contribution in [3.05, 3.63) is 11.9 Å². The Morgan fingerprint density at radius 3 is 3.00 bits per heavy atom. The van der Waals surface area contributed by atoms with E-state index in [9.17, 15) is 0 Å². The van der Waals surface area contributed by atoms with Gasteiger partial charge in [0.2, 0.25) is 0 Å². The molecule has 0 amide bonds. The fourth-order valence-corrected chi connectivity index (χ4v) is 3.52. The Kier molecular flexibility index (Phi) is 5.31. The second kappa shape index (κ2) is 6.98. The zero-order chi connectivity index (χ0) is 13.7. The third-order valence-electron chi connectivity index (χ3n) is 3.49. The van der Waals surface area contributed by atoms with Crippen LogP contribution in [0.2, 0.25) is 0 Å². The quantitative estimate of drug-likeness (QED) is 0.898. The molecule has 2 rings (SSSR count). The maximum Gasteiger partial charge on any atom is 0.137 e. The minimum absolute atomic E-state index is 0.732. The fourth-order valence-electron chi connectivity index (χ4n) is 2.34. The van der Waals surface area contributed by atoms with Crippen LogP contribution in [0.3, 0.4) is 0 Å². The average Bonchev–Trinajstić information content (AvgIpc) is 2.46. The van der Waals surface area contributed by atoms with Crippen molar-refractivity contribution in [2.24, 2.45) is 0 Å². The normalized spacial score (nSPS) is 19.5. The van der Waals surface area contributed by atoms with Crippen molar-refractivity contribution in [3.63, 3.8) is 0 Å². The highest BCUT2D eigenvalue weighted by atomic mass is 32.2. The van der Waals surface area contributed by atoms with E-state index in [0.717, 1.165) is 42.9 Å². The molecular formula is C14H24N4S. The van der Waals surface area contributed by atoms with Gasteiger partial charge in [0.1, 0.15) is 18.0 Å².